The second-order valence-corrected chi connectivity index (χ2v) is 10.3. The monoisotopic (exact) mass is 481 g/mol. The first-order valence-corrected chi connectivity index (χ1v) is 12.0. The number of anilines is 3. The second-order valence-electron chi connectivity index (χ2n) is 10.3. The van der Waals surface area contributed by atoms with E-state index in [0.29, 0.717) is 16.9 Å². The van der Waals surface area contributed by atoms with Crippen LogP contribution in [0.15, 0.2) is 42.5 Å². The van der Waals surface area contributed by atoms with Crippen molar-refractivity contribution in [2.75, 3.05) is 48.9 Å². The highest BCUT2D eigenvalue weighted by Gasteiger charge is 2.40. The molecule has 2 aliphatic rings. The van der Waals surface area contributed by atoms with Gasteiger partial charge in [0.2, 0.25) is 0 Å². The van der Waals surface area contributed by atoms with E-state index < -0.39 is 11.7 Å². The Kier molecular flexibility index (Phi) is 7.18. The molecule has 9 nitrogen and oxygen atoms in total. The van der Waals surface area contributed by atoms with Gasteiger partial charge in [0.15, 0.2) is 0 Å². The molecule has 1 saturated carbocycles. The van der Waals surface area contributed by atoms with Crippen LogP contribution in [0.3, 0.4) is 0 Å². The van der Waals surface area contributed by atoms with E-state index in [1.54, 1.807) is 12.1 Å². The van der Waals surface area contributed by atoms with E-state index in [4.69, 9.17) is 4.74 Å². The molecule has 1 heterocycles. The Labute approximate surface area is 206 Å². The molecular weight excluding hydrogens is 446 g/mol. The number of piperazine rings is 1. The standard InChI is InChI=1S/C26H35N5O4/c1-26(2,3)35-25(33)28-21-16-20(21)17-5-8-19(9-6-17)27-24(32)18-7-10-23(22(15-18)29-34)31-13-11-30(4)12-14-31/h5-10,15,20-21,29,34H,11-14,16H2,1-4H3,(H,27,32)(H,28,33). The van der Waals surface area contributed by atoms with Crippen molar-refractivity contribution in [3.8, 4) is 0 Å². The van der Waals surface area contributed by atoms with Crippen molar-refractivity contribution in [1.29, 1.82) is 0 Å². The molecule has 35 heavy (non-hydrogen) atoms. The number of hydrogen-bond acceptors (Lipinski definition) is 7. The summed E-state index contributed by atoms with van der Waals surface area (Å²) in [5, 5.41) is 15.5. The third-order valence-corrected chi connectivity index (χ3v) is 6.31. The number of nitrogens with one attached hydrogen (secondary N) is 3. The molecule has 0 radical (unpaired) electrons. The maximum Gasteiger partial charge on any atom is 0.407 e. The molecule has 4 rings (SSSR count). The fourth-order valence-electron chi connectivity index (χ4n) is 4.29. The van der Waals surface area contributed by atoms with Gasteiger partial charge in [-0.25, -0.2) is 4.79 Å². The van der Waals surface area contributed by atoms with Crippen LogP contribution in [0.4, 0.5) is 21.9 Å². The molecular formula is C26H35N5O4. The number of amides is 2. The topological polar surface area (TPSA) is 106 Å². The van der Waals surface area contributed by atoms with Crippen molar-refractivity contribution in [3.05, 3.63) is 53.6 Å². The molecule has 2 aromatic carbocycles. The minimum absolute atomic E-state index is 0.0634. The lowest BCUT2D eigenvalue weighted by Crippen LogP contribution is -2.44. The highest BCUT2D eigenvalue weighted by Crippen LogP contribution is 2.41. The molecule has 0 aromatic heterocycles. The molecule has 1 aliphatic heterocycles. The van der Waals surface area contributed by atoms with Gasteiger partial charge in [-0.3, -0.25) is 15.5 Å². The van der Waals surface area contributed by atoms with Gasteiger partial charge >= 0.3 is 6.09 Å². The lowest BCUT2D eigenvalue weighted by atomic mass is 10.1. The third-order valence-electron chi connectivity index (χ3n) is 6.31. The summed E-state index contributed by atoms with van der Waals surface area (Å²) >= 11 is 0. The molecule has 1 saturated heterocycles. The average Bonchev–Trinajstić information content (AvgIpc) is 3.57. The summed E-state index contributed by atoms with van der Waals surface area (Å²) in [6.07, 6.45) is 0.464. The molecule has 0 spiro atoms. The van der Waals surface area contributed by atoms with E-state index in [1.807, 2.05) is 51.1 Å². The molecule has 2 aromatic rings. The van der Waals surface area contributed by atoms with Crippen LogP contribution in [-0.4, -0.2) is 67.0 Å². The average molecular weight is 482 g/mol. The Morgan fingerprint density at radius 2 is 1.71 bits per heavy atom. The van der Waals surface area contributed by atoms with E-state index >= 15 is 0 Å². The minimum Gasteiger partial charge on any atom is -0.444 e. The van der Waals surface area contributed by atoms with Crippen LogP contribution in [0.25, 0.3) is 0 Å². The zero-order chi connectivity index (χ0) is 25.2. The highest BCUT2D eigenvalue weighted by molar-refractivity contribution is 6.05. The van der Waals surface area contributed by atoms with Crippen molar-refractivity contribution in [2.24, 2.45) is 0 Å². The fourth-order valence-corrected chi connectivity index (χ4v) is 4.29. The van der Waals surface area contributed by atoms with Gasteiger partial charge in [-0.15, -0.1) is 0 Å². The third kappa shape index (κ3) is 6.43. The van der Waals surface area contributed by atoms with E-state index in [0.717, 1.165) is 43.9 Å². The van der Waals surface area contributed by atoms with Crippen molar-refractivity contribution in [1.82, 2.24) is 10.2 Å². The summed E-state index contributed by atoms with van der Waals surface area (Å²) in [4.78, 5) is 29.2. The lowest BCUT2D eigenvalue weighted by Gasteiger charge is -2.35. The largest absolute Gasteiger partial charge is 0.444 e. The number of carbonyl (C=O) groups is 2. The molecule has 2 unspecified atom stereocenters. The number of nitrogens with zero attached hydrogens (tertiary/aromatic N) is 2. The predicted molar refractivity (Wildman–Crippen MR) is 136 cm³/mol. The van der Waals surface area contributed by atoms with Gasteiger partial charge in [-0.2, -0.15) is 0 Å². The Morgan fingerprint density at radius 3 is 2.34 bits per heavy atom. The summed E-state index contributed by atoms with van der Waals surface area (Å²) in [7, 11) is 2.09. The second kappa shape index (κ2) is 10.1. The quantitative estimate of drug-likeness (QED) is 0.464. The van der Waals surface area contributed by atoms with E-state index in [1.165, 1.54) is 0 Å². The van der Waals surface area contributed by atoms with Crippen LogP contribution >= 0.6 is 0 Å². The van der Waals surface area contributed by atoms with Gasteiger partial charge in [0.05, 0.1) is 11.4 Å². The SMILES string of the molecule is CN1CCN(c2ccc(C(=O)Nc3ccc(C4CC4NC(=O)OC(C)(C)C)cc3)cc2NO)CC1. The van der Waals surface area contributed by atoms with Gasteiger partial charge < -0.3 is 25.2 Å². The summed E-state index contributed by atoms with van der Waals surface area (Å²) in [6.45, 7) is 9.13. The van der Waals surface area contributed by atoms with Gasteiger partial charge in [0, 0.05) is 49.4 Å². The molecule has 1 aliphatic carbocycles. The number of alkyl carbamates (subject to hydrolysis) is 1. The summed E-state index contributed by atoms with van der Waals surface area (Å²) in [6, 6.07) is 13.0. The predicted octanol–water partition coefficient (Wildman–Crippen LogP) is 3.87. The number of ether oxygens (including phenoxy) is 1. The number of carbonyl (C=O) groups excluding carboxylic acids is 2. The van der Waals surface area contributed by atoms with Crippen molar-refractivity contribution in [3.63, 3.8) is 0 Å². The molecule has 4 N–H and O–H groups in total. The molecule has 2 atom stereocenters. The first-order chi connectivity index (χ1) is 16.6. The Morgan fingerprint density at radius 1 is 1.03 bits per heavy atom. The van der Waals surface area contributed by atoms with Crippen LogP contribution in [0.1, 0.15) is 49.0 Å². The lowest BCUT2D eigenvalue weighted by molar-refractivity contribution is 0.0522. The molecule has 2 fully saturated rings. The first-order valence-electron chi connectivity index (χ1n) is 12.0. The molecule has 2 amide bonds. The van der Waals surface area contributed by atoms with E-state index in [2.05, 4.69) is 33.0 Å². The Balaban J connectivity index is 1.34. The maximum absolute atomic E-state index is 12.8. The molecule has 9 heteroatoms. The van der Waals surface area contributed by atoms with Crippen LogP contribution in [0, 0.1) is 0 Å². The Hall–Kier alpha value is -3.30. The zero-order valence-electron chi connectivity index (χ0n) is 20.8. The summed E-state index contributed by atoms with van der Waals surface area (Å²) < 4.78 is 5.32. The summed E-state index contributed by atoms with van der Waals surface area (Å²) in [5.74, 6) is -0.0114. The Bertz CT molecular complexity index is 1060. The summed E-state index contributed by atoms with van der Waals surface area (Å²) in [5.41, 5.74) is 5.34. The number of likely N-dealkylation sites (N-methyl/N-ethyl adjacent to an activating group) is 1. The van der Waals surface area contributed by atoms with Gasteiger partial charge in [-0.05, 0) is 70.1 Å². The molecule has 0 bridgehead atoms. The number of rotatable bonds is 6. The van der Waals surface area contributed by atoms with Crippen LogP contribution in [0.5, 0.6) is 0 Å². The van der Waals surface area contributed by atoms with Crippen LogP contribution in [0.2, 0.25) is 0 Å². The van der Waals surface area contributed by atoms with Crippen LogP contribution in [-0.2, 0) is 4.74 Å². The van der Waals surface area contributed by atoms with E-state index in [9.17, 15) is 14.8 Å². The van der Waals surface area contributed by atoms with Crippen LogP contribution < -0.4 is 21.0 Å². The minimum atomic E-state index is -0.521. The fraction of sp³-hybridized carbons (Fsp3) is 0.462. The van der Waals surface area contributed by atoms with Gasteiger partial charge in [0.1, 0.15) is 5.60 Å². The van der Waals surface area contributed by atoms with Gasteiger partial charge in [-0.1, -0.05) is 12.1 Å². The van der Waals surface area contributed by atoms with Gasteiger partial charge in [0.25, 0.3) is 5.91 Å². The van der Waals surface area contributed by atoms with E-state index in [-0.39, 0.29) is 17.9 Å². The number of benzene rings is 2. The van der Waals surface area contributed by atoms with Crippen molar-refractivity contribution in [2.45, 2.75) is 44.8 Å². The smallest absolute Gasteiger partial charge is 0.407 e. The maximum atomic E-state index is 12.8. The van der Waals surface area contributed by atoms with Crippen molar-refractivity contribution < 1.29 is 19.5 Å². The highest BCUT2D eigenvalue weighted by atomic mass is 16.6. The van der Waals surface area contributed by atoms with Crippen molar-refractivity contribution >= 4 is 29.1 Å². The first kappa shape index (κ1) is 24.8. The number of hydrogen-bond donors (Lipinski definition) is 4. The zero-order valence-corrected chi connectivity index (χ0v) is 20.8. The molecule has 188 valence electrons. The normalized spacial score (nSPS) is 20.2.